The molecule has 1 fully saturated rings. The summed E-state index contributed by atoms with van der Waals surface area (Å²) in [6.45, 7) is 1.57. The lowest BCUT2D eigenvalue weighted by Gasteiger charge is -2.34. The van der Waals surface area contributed by atoms with E-state index in [4.69, 9.17) is 0 Å². The van der Waals surface area contributed by atoms with Crippen molar-refractivity contribution in [1.29, 1.82) is 0 Å². The molecule has 0 radical (unpaired) electrons. The number of sulfonamides is 1. The van der Waals surface area contributed by atoms with Crippen molar-refractivity contribution >= 4 is 16.0 Å². The normalized spacial score (nSPS) is 15.7. The predicted molar refractivity (Wildman–Crippen MR) is 102 cm³/mol. The molecule has 0 unspecified atom stereocenters. The van der Waals surface area contributed by atoms with Gasteiger partial charge in [0.2, 0.25) is 16.0 Å². The first-order valence-corrected chi connectivity index (χ1v) is 10.4. The van der Waals surface area contributed by atoms with Crippen molar-refractivity contribution < 1.29 is 12.8 Å². The highest BCUT2D eigenvalue weighted by Crippen LogP contribution is 2.19. The fourth-order valence-electron chi connectivity index (χ4n) is 3.21. The molecule has 8 nitrogen and oxygen atoms in total. The van der Waals surface area contributed by atoms with Crippen LogP contribution < -0.4 is 4.90 Å². The van der Waals surface area contributed by atoms with Gasteiger partial charge in [-0.3, -0.25) is 0 Å². The fraction of sp³-hybridized carbons (Fsp3) is 0.278. The molecule has 2 aromatic carbocycles. The Bertz CT molecular complexity index is 1050. The van der Waals surface area contributed by atoms with Gasteiger partial charge >= 0.3 is 0 Å². The molecule has 1 aliphatic rings. The van der Waals surface area contributed by atoms with Crippen LogP contribution in [0.15, 0.2) is 54.6 Å². The molecular weight excluding hydrogens is 383 g/mol. The van der Waals surface area contributed by atoms with E-state index >= 15 is 0 Å². The first-order chi connectivity index (χ1) is 13.5. The van der Waals surface area contributed by atoms with Gasteiger partial charge in [0.25, 0.3) is 0 Å². The third-order valence-electron chi connectivity index (χ3n) is 4.61. The average molecular weight is 402 g/mol. The molecule has 2 heterocycles. The van der Waals surface area contributed by atoms with Gasteiger partial charge in [-0.05, 0) is 40.3 Å². The van der Waals surface area contributed by atoms with Crippen LogP contribution >= 0.6 is 0 Å². The minimum Gasteiger partial charge on any atom is -0.337 e. The molecule has 146 valence electrons. The van der Waals surface area contributed by atoms with Gasteiger partial charge in [0.1, 0.15) is 5.82 Å². The van der Waals surface area contributed by atoms with Crippen molar-refractivity contribution in [1.82, 2.24) is 24.5 Å². The van der Waals surface area contributed by atoms with Gasteiger partial charge in [-0.2, -0.15) is 8.99 Å². The Hall–Kier alpha value is -2.85. The Balaban J connectivity index is 1.45. The number of nitrogens with zero attached hydrogens (tertiary/aromatic N) is 6. The number of benzene rings is 2. The summed E-state index contributed by atoms with van der Waals surface area (Å²) in [4.78, 5) is 1.96. The molecule has 10 heteroatoms. The maximum atomic E-state index is 13.3. The lowest BCUT2D eigenvalue weighted by molar-refractivity contribution is 0.381. The van der Waals surface area contributed by atoms with Gasteiger partial charge in [-0.1, -0.05) is 35.4 Å². The smallest absolute Gasteiger partial charge is 0.250 e. The second-order valence-corrected chi connectivity index (χ2v) is 8.47. The lowest BCUT2D eigenvalue weighted by Crippen LogP contribution is -2.49. The monoisotopic (exact) mass is 402 g/mol. The summed E-state index contributed by atoms with van der Waals surface area (Å²) in [5.74, 6) is -0.0781. The van der Waals surface area contributed by atoms with Crippen molar-refractivity contribution in [3.8, 4) is 5.69 Å². The summed E-state index contributed by atoms with van der Waals surface area (Å²) >= 11 is 0. The Morgan fingerprint density at radius 2 is 1.71 bits per heavy atom. The number of piperazine rings is 1. The van der Waals surface area contributed by atoms with E-state index in [2.05, 4.69) is 15.5 Å². The summed E-state index contributed by atoms with van der Waals surface area (Å²) in [5.41, 5.74) is 1.28. The molecule has 0 amide bonds. The van der Waals surface area contributed by atoms with E-state index in [1.54, 1.807) is 10.7 Å². The second-order valence-electron chi connectivity index (χ2n) is 6.50. The molecule has 0 atom stereocenters. The summed E-state index contributed by atoms with van der Waals surface area (Å²) < 4.78 is 41.8. The number of hydrogen-bond acceptors (Lipinski definition) is 6. The molecule has 1 aromatic heterocycles. The van der Waals surface area contributed by atoms with E-state index in [0.717, 1.165) is 5.69 Å². The fourth-order valence-corrected chi connectivity index (χ4v) is 4.71. The highest BCUT2D eigenvalue weighted by atomic mass is 32.2. The van der Waals surface area contributed by atoms with Crippen LogP contribution in [-0.4, -0.2) is 59.1 Å². The maximum absolute atomic E-state index is 13.3. The zero-order valence-corrected chi connectivity index (χ0v) is 15.8. The molecule has 1 saturated heterocycles. The zero-order chi connectivity index (χ0) is 19.6. The Morgan fingerprint density at radius 1 is 0.964 bits per heavy atom. The number of para-hydroxylation sites is 1. The first kappa shape index (κ1) is 18.5. The molecule has 28 heavy (non-hydrogen) atoms. The van der Waals surface area contributed by atoms with E-state index in [1.165, 1.54) is 22.5 Å². The van der Waals surface area contributed by atoms with Crippen molar-refractivity contribution in [2.75, 3.05) is 31.1 Å². The molecular formula is C18H19FN6O2S. The van der Waals surface area contributed by atoms with Crippen molar-refractivity contribution in [3.63, 3.8) is 0 Å². The third-order valence-corrected chi connectivity index (χ3v) is 6.46. The number of rotatable bonds is 5. The van der Waals surface area contributed by atoms with Gasteiger partial charge in [0.15, 0.2) is 0 Å². The second kappa shape index (κ2) is 7.64. The van der Waals surface area contributed by atoms with Crippen LogP contribution in [0.4, 0.5) is 10.3 Å². The maximum Gasteiger partial charge on any atom is 0.250 e. The van der Waals surface area contributed by atoms with E-state index in [9.17, 15) is 12.8 Å². The zero-order valence-electron chi connectivity index (χ0n) is 15.0. The summed E-state index contributed by atoms with van der Waals surface area (Å²) in [5, 5.41) is 11.9. The van der Waals surface area contributed by atoms with Gasteiger partial charge in [-0.25, -0.2) is 12.8 Å². The molecule has 4 rings (SSSR count). The van der Waals surface area contributed by atoms with Gasteiger partial charge < -0.3 is 4.90 Å². The quantitative estimate of drug-likeness (QED) is 0.642. The molecule has 0 saturated carbocycles. The van der Waals surface area contributed by atoms with E-state index in [-0.39, 0.29) is 5.75 Å². The van der Waals surface area contributed by atoms with Crippen LogP contribution in [0.3, 0.4) is 0 Å². The SMILES string of the molecule is O=S(=O)(Cc1cccc(F)c1)N1CCN(c2nnnn2-c2ccccc2)CC1. The largest absolute Gasteiger partial charge is 0.337 e. The Morgan fingerprint density at radius 3 is 2.43 bits per heavy atom. The molecule has 1 aliphatic heterocycles. The number of halogens is 1. The van der Waals surface area contributed by atoms with Crippen molar-refractivity contribution in [2.45, 2.75) is 5.75 Å². The number of anilines is 1. The highest BCUT2D eigenvalue weighted by Gasteiger charge is 2.29. The summed E-state index contributed by atoms with van der Waals surface area (Å²) in [6.07, 6.45) is 0. The van der Waals surface area contributed by atoms with E-state index < -0.39 is 15.8 Å². The van der Waals surface area contributed by atoms with Crippen molar-refractivity contribution in [2.24, 2.45) is 0 Å². The van der Waals surface area contributed by atoms with Crippen LogP contribution in [0.5, 0.6) is 0 Å². The highest BCUT2D eigenvalue weighted by molar-refractivity contribution is 7.88. The molecule has 0 N–H and O–H groups in total. The van der Waals surface area contributed by atoms with Crippen LogP contribution in [-0.2, 0) is 15.8 Å². The number of tetrazole rings is 1. The standard InChI is InChI=1S/C18H19FN6O2S/c19-16-6-4-5-15(13-16)14-28(26,27)24-11-9-23(10-12-24)18-20-21-22-25(18)17-7-2-1-3-8-17/h1-8,13H,9-12,14H2. The summed E-state index contributed by atoms with van der Waals surface area (Å²) in [7, 11) is -3.53. The Labute approximate surface area is 162 Å². The minimum atomic E-state index is -3.53. The molecule has 0 aliphatic carbocycles. The predicted octanol–water partition coefficient (Wildman–Crippen LogP) is 1.45. The molecule has 0 spiro atoms. The number of hydrogen-bond donors (Lipinski definition) is 0. The van der Waals surface area contributed by atoms with E-state index in [1.807, 2.05) is 35.2 Å². The van der Waals surface area contributed by atoms with Gasteiger partial charge in [-0.15, -0.1) is 0 Å². The first-order valence-electron chi connectivity index (χ1n) is 8.84. The van der Waals surface area contributed by atoms with Crippen molar-refractivity contribution in [3.05, 3.63) is 66.0 Å². The number of aromatic nitrogens is 4. The molecule has 3 aromatic rings. The van der Waals surface area contributed by atoms with Crippen LogP contribution in [0.25, 0.3) is 5.69 Å². The lowest BCUT2D eigenvalue weighted by atomic mass is 10.2. The third kappa shape index (κ3) is 3.87. The summed E-state index contributed by atoms with van der Waals surface area (Å²) in [6, 6.07) is 15.2. The van der Waals surface area contributed by atoms with Crippen LogP contribution in [0, 0.1) is 5.82 Å². The van der Waals surface area contributed by atoms with Gasteiger partial charge in [0, 0.05) is 26.2 Å². The molecule has 0 bridgehead atoms. The topological polar surface area (TPSA) is 84.2 Å². The van der Waals surface area contributed by atoms with Crippen LogP contribution in [0.1, 0.15) is 5.56 Å². The van der Waals surface area contributed by atoms with Crippen LogP contribution in [0.2, 0.25) is 0 Å². The van der Waals surface area contributed by atoms with E-state index in [0.29, 0.717) is 37.7 Å². The van der Waals surface area contributed by atoms with Gasteiger partial charge in [0.05, 0.1) is 11.4 Å². The Kier molecular flexibility index (Phi) is 5.05. The average Bonchev–Trinajstić information content (AvgIpc) is 3.18. The minimum absolute atomic E-state index is 0.216.